The quantitative estimate of drug-likeness (QED) is 0.650. The molecule has 0 heterocycles. The van der Waals surface area contributed by atoms with Gasteiger partial charge in [0.1, 0.15) is 0 Å². The molecule has 0 saturated heterocycles. The summed E-state index contributed by atoms with van der Waals surface area (Å²) in [5, 5.41) is 0. The minimum Gasteiger partial charge on any atom is -0.296 e. The monoisotopic (exact) mass is 215 g/mol. The molecule has 0 aromatic heterocycles. The molecule has 2 aliphatic carbocycles. The van der Waals surface area contributed by atoms with Crippen molar-refractivity contribution in [3.8, 4) is 0 Å². The summed E-state index contributed by atoms with van der Waals surface area (Å²) in [5.41, 5.74) is 0. The fourth-order valence-electron chi connectivity index (χ4n) is 2.89. The van der Waals surface area contributed by atoms with Crippen LogP contribution in [0.15, 0.2) is 0 Å². The molecule has 0 aliphatic heterocycles. The molecule has 2 fully saturated rings. The lowest BCUT2D eigenvalue weighted by Gasteiger charge is -2.43. The van der Waals surface area contributed by atoms with Crippen LogP contribution in [0.4, 0.5) is 0 Å². The van der Waals surface area contributed by atoms with E-state index in [4.69, 9.17) is 11.6 Å². The van der Waals surface area contributed by atoms with Crippen molar-refractivity contribution in [1.29, 1.82) is 0 Å². The predicted octanol–water partition coefficient (Wildman–Crippen LogP) is 3.41. The number of hydrogen-bond acceptors (Lipinski definition) is 1. The molecule has 0 aromatic rings. The molecule has 0 amide bonds. The SMILES string of the molecule is ClCCN(C1CCCCC1)C1CCC1. The summed E-state index contributed by atoms with van der Waals surface area (Å²) in [6.45, 7) is 1.12. The van der Waals surface area contributed by atoms with Gasteiger partial charge in [-0.3, -0.25) is 4.90 Å². The lowest BCUT2D eigenvalue weighted by molar-refractivity contribution is 0.0663. The van der Waals surface area contributed by atoms with Crippen LogP contribution in [-0.4, -0.2) is 29.4 Å². The van der Waals surface area contributed by atoms with Crippen LogP contribution >= 0.6 is 11.6 Å². The first-order valence-electron chi connectivity index (χ1n) is 6.23. The lowest BCUT2D eigenvalue weighted by atomic mass is 9.86. The van der Waals surface area contributed by atoms with Crippen molar-refractivity contribution < 1.29 is 0 Å². The van der Waals surface area contributed by atoms with Gasteiger partial charge in [-0.15, -0.1) is 11.6 Å². The maximum atomic E-state index is 5.90. The second-order valence-electron chi connectivity index (χ2n) is 4.80. The third kappa shape index (κ3) is 2.43. The second-order valence-corrected chi connectivity index (χ2v) is 5.18. The Labute approximate surface area is 92.8 Å². The molecule has 2 saturated carbocycles. The minimum absolute atomic E-state index is 0.812. The van der Waals surface area contributed by atoms with E-state index in [0.29, 0.717) is 0 Å². The minimum atomic E-state index is 0.812. The van der Waals surface area contributed by atoms with E-state index in [-0.39, 0.29) is 0 Å². The van der Waals surface area contributed by atoms with Gasteiger partial charge < -0.3 is 0 Å². The van der Waals surface area contributed by atoms with Crippen molar-refractivity contribution in [3.05, 3.63) is 0 Å². The Balaban J connectivity index is 1.86. The van der Waals surface area contributed by atoms with Gasteiger partial charge in [0, 0.05) is 24.5 Å². The molecule has 0 atom stereocenters. The number of nitrogens with zero attached hydrogens (tertiary/aromatic N) is 1. The van der Waals surface area contributed by atoms with Crippen LogP contribution in [0.3, 0.4) is 0 Å². The zero-order valence-electron chi connectivity index (χ0n) is 9.05. The van der Waals surface area contributed by atoms with Crippen molar-refractivity contribution in [2.45, 2.75) is 63.5 Å². The molecule has 82 valence electrons. The van der Waals surface area contributed by atoms with Crippen molar-refractivity contribution in [3.63, 3.8) is 0 Å². The highest BCUT2D eigenvalue weighted by atomic mass is 35.5. The van der Waals surface area contributed by atoms with E-state index >= 15 is 0 Å². The third-order valence-corrected chi connectivity index (χ3v) is 4.10. The first kappa shape index (κ1) is 10.8. The zero-order valence-corrected chi connectivity index (χ0v) is 9.81. The molecule has 2 aliphatic rings. The van der Waals surface area contributed by atoms with Crippen molar-refractivity contribution >= 4 is 11.6 Å². The molecule has 0 radical (unpaired) electrons. The Morgan fingerprint density at radius 2 is 1.43 bits per heavy atom. The van der Waals surface area contributed by atoms with Crippen LogP contribution in [0.25, 0.3) is 0 Å². The summed E-state index contributed by atoms with van der Waals surface area (Å²) in [4.78, 5) is 2.72. The van der Waals surface area contributed by atoms with Crippen LogP contribution < -0.4 is 0 Å². The van der Waals surface area contributed by atoms with Crippen molar-refractivity contribution in [2.24, 2.45) is 0 Å². The van der Waals surface area contributed by atoms with Gasteiger partial charge in [-0.2, -0.15) is 0 Å². The third-order valence-electron chi connectivity index (χ3n) is 3.93. The Morgan fingerprint density at radius 3 is 1.86 bits per heavy atom. The summed E-state index contributed by atoms with van der Waals surface area (Å²) < 4.78 is 0. The van der Waals surface area contributed by atoms with Gasteiger partial charge in [0.25, 0.3) is 0 Å². The highest BCUT2D eigenvalue weighted by Crippen LogP contribution is 2.31. The average molecular weight is 216 g/mol. The van der Waals surface area contributed by atoms with E-state index < -0.39 is 0 Å². The molecular weight excluding hydrogens is 194 g/mol. The van der Waals surface area contributed by atoms with E-state index in [2.05, 4.69) is 4.90 Å². The molecular formula is C12H22ClN. The Kier molecular flexibility index (Phi) is 4.12. The maximum absolute atomic E-state index is 5.90. The van der Waals surface area contributed by atoms with E-state index in [1.54, 1.807) is 0 Å². The van der Waals surface area contributed by atoms with Gasteiger partial charge in [0.15, 0.2) is 0 Å². The van der Waals surface area contributed by atoms with Gasteiger partial charge in [-0.1, -0.05) is 25.7 Å². The first-order valence-corrected chi connectivity index (χ1v) is 6.77. The van der Waals surface area contributed by atoms with Crippen LogP contribution in [0.1, 0.15) is 51.4 Å². The number of hydrogen-bond donors (Lipinski definition) is 0. The summed E-state index contributed by atoms with van der Waals surface area (Å²) in [5.74, 6) is 0.812. The zero-order chi connectivity index (χ0) is 9.80. The number of rotatable bonds is 4. The van der Waals surface area contributed by atoms with Gasteiger partial charge in [-0.25, -0.2) is 0 Å². The standard InChI is InChI=1S/C12H22ClN/c13-9-10-14(12-7-4-8-12)11-5-2-1-3-6-11/h11-12H,1-10H2. The van der Waals surface area contributed by atoms with Crippen LogP contribution in [0.5, 0.6) is 0 Å². The highest BCUT2D eigenvalue weighted by Gasteiger charge is 2.30. The molecule has 0 spiro atoms. The summed E-state index contributed by atoms with van der Waals surface area (Å²) in [7, 11) is 0. The Bertz CT molecular complexity index is 162. The first-order chi connectivity index (χ1) is 6.92. The fourth-order valence-corrected chi connectivity index (χ4v) is 3.09. The average Bonchev–Trinajstić information content (AvgIpc) is 2.16. The molecule has 0 N–H and O–H groups in total. The molecule has 2 rings (SSSR count). The molecule has 0 aromatic carbocycles. The van der Waals surface area contributed by atoms with Crippen LogP contribution in [0.2, 0.25) is 0 Å². The predicted molar refractivity (Wildman–Crippen MR) is 61.9 cm³/mol. The molecule has 14 heavy (non-hydrogen) atoms. The fraction of sp³-hybridized carbons (Fsp3) is 1.00. The van der Waals surface area contributed by atoms with E-state index in [9.17, 15) is 0 Å². The summed E-state index contributed by atoms with van der Waals surface area (Å²) >= 11 is 5.90. The lowest BCUT2D eigenvalue weighted by Crippen LogP contribution is -2.48. The van der Waals surface area contributed by atoms with Crippen LogP contribution in [-0.2, 0) is 0 Å². The summed E-state index contributed by atoms with van der Waals surface area (Å²) in [6, 6.07) is 1.75. The maximum Gasteiger partial charge on any atom is 0.0351 e. The molecule has 1 nitrogen and oxygen atoms in total. The van der Waals surface area contributed by atoms with E-state index in [1.807, 2.05) is 0 Å². The normalized spacial score (nSPS) is 25.3. The number of alkyl halides is 1. The van der Waals surface area contributed by atoms with Gasteiger partial charge in [0.05, 0.1) is 0 Å². The molecule has 2 heteroatoms. The Morgan fingerprint density at radius 1 is 0.857 bits per heavy atom. The highest BCUT2D eigenvalue weighted by molar-refractivity contribution is 6.18. The molecule has 0 bridgehead atoms. The Hall–Kier alpha value is 0.250. The topological polar surface area (TPSA) is 3.24 Å². The smallest absolute Gasteiger partial charge is 0.0351 e. The second kappa shape index (κ2) is 5.37. The van der Waals surface area contributed by atoms with Crippen LogP contribution in [0, 0.1) is 0 Å². The van der Waals surface area contributed by atoms with Crippen molar-refractivity contribution in [1.82, 2.24) is 4.90 Å². The largest absolute Gasteiger partial charge is 0.296 e. The van der Waals surface area contributed by atoms with Gasteiger partial charge in [-0.05, 0) is 25.7 Å². The summed E-state index contributed by atoms with van der Waals surface area (Å²) in [6.07, 6.45) is 11.5. The van der Waals surface area contributed by atoms with Gasteiger partial charge in [0.2, 0.25) is 0 Å². The van der Waals surface area contributed by atoms with Gasteiger partial charge >= 0.3 is 0 Å². The van der Waals surface area contributed by atoms with Crippen molar-refractivity contribution in [2.75, 3.05) is 12.4 Å². The van der Waals surface area contributed by atoms with E-state index in [0.717, 1.165) is 24.5 Å². The number of halogens is 1. The van der Waals surface area contributed by atoms with E-state index in [1.165, 1.54) is 51.4 Å². The molecule has 0 unspecified atom stereocenters.